The molecule has 0 aliphatic heterocycles. The molecule has 0 radical (unpaired) electrons. The van der Waals surface area contributed by atoms with E-state index in [0.717, 1.165) is 11.3 Å². The molecule has 0 saturated heterocycles. The summed E-state index contributed by atoms with van der Waals surface area (Å²) in [6, 6.07) is 8.60. The van der Waals surface area contributed by atoms with Crippen molar-refractivity contribution >= 4 is 46.6 Å². The van der Waals surface area contributed by atoms with E-state index in [1.165, 1.54) is 10.8 Å². The molecule has 0 spiro atoms. The maximum absolute atomic E-state index is 12.7. The van der Waals surface area contributed by atoms with Crippen LogP contribution in [-0.4, -0.2) is 27.9 Å². The first-order chi connectivity index (χ1) is 15.1. The highest BCUT2D eigenvalue weighted by Gasteiger charge is 2.21. The molecule has 2 heterocycles. The topological polar surface area (TPSA) is 153 Å². The first kappa shape index (κ1) is 24.3. The third-order valence-corrected chi connectivity index (χ3v) is 5.26. The van der Waals surface area contributed by atoms with Crippen LogP contribution in [-0.2, 0) is 16.1 Å². The van der Waals surface area contributed by atoms with Gasteiger partial charge in [0.25, 0.3) is 11.5 Å². The van der Waals surface area contributed by atoms with E-state index in [0.29, 0.717) is 11.6 Å². The number of hydrogen-bond acceptors (Lipinski definition) is 8. The SMILES string of the molecule is CCn1c(=C(C#N)C(=O)NCC#N)sc(=CNc2cccc(NC(=O)C(C)(C)C)n2)c1=O. The predicted octanol–water partition coefficient (Wildman–Crippen LogP) is 0.473. The Kier molecular flexibility index (Phi) is 7.88. The molecule has 32 heavy (non-hydrogen) atoms. The number of hydrogen-bond donors (Lipinski definition) is 3. The van der Waals surface area contributed by atoms with E-state index in [4.69, 9.17) is 5.26 Å². The quantitative estimate of drug-likeness (QED) is 0.538. The molecule has 11 heteroatoms. The zero-order valence-electron chi connectivity index (χ0n) is 18.1. The molecule has 0 saturated carbocycles. The number of nitriles is 2. The summed E-state index contributed by atoms with van der Waals surface area (Å²) in [7, 11) is 0. The van der Waals surface area contributed by atoms with Crippen LogP contribution >= 0.6 is 11.3 Å². The Morgan fingerprint density at radius 3 is 2.53 bits per heavy atom. The second kappa shape index (κ2) is 10.4. The lowest BCUT2D eigenvalue weighted by Gasteiger charge is -2.17. The van der Waals surface area contributed by atoms with Gasteiger partial charge in [-0.25, -0.2) is 4.98 Å². The fraction of sp³-hybridized carbons (Fsp3) is 0.333. The van der Waals surface area contributed by atoms with E-state index in [1.54, 1.807) is 52.0 Å². The summed E-state index contributed by atoms with van der Waals surface area (Å²) >= 11 is 0.974. The van der Waals surface area contributed by atoms with Crippen LogP contribution in [0.15, 0.2) is 23.0 Å². The third kappa shape index (κ3) is 5.80. The number of nitrogens with one attached hydrogen (secondary N) is 3. The van der Waals surface area contributed by atoms with Crippen LogP contribution in [0.1, 0.15) is 27.7 Å². The minimum atomic E-state index is -0.721. The van der Waals surface area contributed by atoms with Crippen LogP contribution in [0.3, 0.4) is 0 Å². The largest absolute Gasteiger partial charge is 0.345 e. The molecule has 2 amide bonds. The number of pyridine rings is 1. The first-order valence-corrected chi connectivity index (χ1v) is 10.5. The number of thiazole rings is 1. The van der Waals surface area contributed by atoms with Crippen LogP contribution in [0.2, 0.25) is 0 Å². The van der Waals surface area contributed by atoms with E-state index in [-0.39, 0.29) is 39.3 Å². The monoisotopic (exact) mass is 453 g/mol. The molecular formula is C21H23N7O3S. The average Bonchev–Trinajstić information content (AvgIpc) is 3.05. The van der Waals surface area contributed by atoms with E-state index in [1.807, 2.05) is 6.07 Å². The van der Waals surface area contributed by atoms with Crippen LogP contribution in [0.5, 0.6) is 0 Å². The number of amides is 2. The van der Waals surface area contributed by atoms with Crippen molar-refractivity contribution in [2.45, 2.75) is 34.2 Å². The molecule has 0 aromatic carbocycles. The molecule has 10 nitrogen and oxygen atoms in total. The van der Waals surface area contributed by atoms with Gasteiger partial charge in [-0.2, -0.15) is 10.5 Å². The molecule has 2 aromatic heterocycles. The number of anilines is 2. The van der Waals surface area contributed by atoms with Crippen LogP contribution in [0.25, 0.3) is 11.8 Å². The van der Waals surface area contributed by atoms with Crippen LogP contribution in [0.4, 0.5) is 11.6 Å². The number of nitrogens with zero attached hydrogens (tertiary/aromatic N) is 4. The maximum atomic E-state index is 12.7. The molecule has 0 unspecified atom stereocenters. The fourth-order valence-electron chi connectivity index (χ4n) is 2.42. The van der Waals surface area contributed by atoms with Gasteiger partial charge in [0.2, 0.25) is 5.91 Å². The van der Waals surface area contributed by atoms with Crippen molar-refractivity contribution in [3.8, 4) is 12.1 Å². The summed E-state index contributed by atoms with van der Waals surface area (Å²) in [4.78, 5) is 41.4. The van der Waals surface area contributed by atoms with Crippen LogP contribution in [0, 0.1) is 28.1 Å². The number of aromatic nitrogens is 2. The Morgan fingerprint density at radius 1 is 1.25 bits per heavy atom. The minimum absolute atomic E-state index is 0.186. The average molecular weight is 454 g/mol. The first-order valence-electron chi connectivity index (χ1n) is 9.66. The second-order valence-electron chi connectivity index (χ2n) is 7.55. The zero-order chi connectivity index (χ0) is 23.9. The highest BCUT2D eigenvalue weighted by molar-refractivity contribution is 7.07. The highest BCUT2D eigenvalue weighted by atomic mass is 32.1. The molecule has 166 valence electrons. The van der Waals surface area contributed by atoms with Gasteiger partial charge < -0.3 is 16.0 Å². The zero-order valence-corrected chi connectivity index (χ0v) is 19.0. The van der Waals surface area contributed by atoms with E-state index >= 15 is 0 Å². The Labute approximate surface area is 188 Å². The van der Waals surface area contributed by atoms with Gasteiger partial charge in [0, 0.05) is 18.2 Å². The van der Waals surface area contributed by atoms with Crippen molar-refractivity contribution in [3.05, 3.63) is 37.7 Å². The Bertz CT molecular complexity index is 1290. The lowest BCUT2D eigenvalue weighted by Crippen LogP contribution is -2.34. The van der Waals surface area contributed by atoms with Gasteiger partial charge in [0.05, 0.1) is 6.07 Å². The van der Waals surface area contributed by atoms with Crippen molar-refractivity contribution < 1.29 is 9.59 Å². The van der Waals surface area contributed by atoms with Gasteiger partial charge >= 0.3 is 0 Å². The number of carbonyl (C=O) groups excluding carboxylic acids is 2. The summed E-state index contributed by atoms with van der Waals surface area (Å²) < 4.78 is 1.77. The fourth-order valence-corrected chi connectivity index (χ4v) is 3.51. The van der Waals surface area contributed by atoms with Crippen molar-refractivity contribution in [2.24, 2.45) is 5.41 Å². The normalized spacial score (nSPS) is 12.4. The molecule has 0 bridgehead atoms. The van der Waals surface area contributed by atoms with Gasteiger partial charge in [0.15, 0.2) is 5.57 Å². The maximum Gasteiger partial charge on any atom is 0.270 e. The standard InChI is InChI=1S/C21H23N7O3S/c1-5-28-18(30)14(32-19(28)13(11-23)17(29)24-10-9-22)12-25-15-7-6-8-16(26-15)27-20(31)21(2,3)4/h6-8,12H,5,10H2,1-4H3,(H,24,29)(H2,25,26,27,31). The van der Waals surface area contributed by atoms with Crippen LogP contribution < -0.4 is 30.7 Å². The summed E-state index contributed by atoms with van der Waals surface area (Å²) in [5.41, 5.74) is -1.20. The highest BCUT2D eigenvalue weighted by Crippen LogP contribution is 2.17. The second-order valence-corrected chi connectivity index (χ2v) is 8.58. The third-order valence-electron chi connectivity index (χ3n) is 4.13. The predicted molar refractivity (Wildman–Crippen MR) is 122 cm³/mol. The molecule has 2 rings (SSSR count). The van der Waals surface area contributed by atoms with E-state index in [9.17, 15) is 19.6 Å². The Morgan fingerprint density at radius 2 is 1.94 bits per heavy atom. The lowest BCUT2D eigenvalue weighted by atomic mass is 9.96. The summed E-state index contributed by atoms with van der Waals surface area (Å²) in [5, 5.41) is 26.0. The molecule has 0 aliphatic rings. The Balaban J connectivity index is 2.42. The molecule has 2 aromatic rings. The van der Waals surface area contributed by atoms with Gasteiger partial charge in [-0.15, -0.1) is 11.3 Å². The van der Waals surface area contributed by atoms with Gasteiger partial charge in [-0.05, 0) is 19.1 Å². The van der Waals surface area contributed by atoms with Crippen molar-refractivity contribution in [2.75, 3.05) is 17.2 Å². The Hall–Kier alpha value is -3.96. The summed E-state index contributed by atoms with van der Waals surface area (Å²) in [6.07, 6.45) is 1.43. The van der Waals surface area contributed by atoms with Gasteiger partial charge in [0.1, 0.15) is 33.4 Å². The molecular weight excluding hydrogens is 430 g/mol. The van der Waals surface area contributed by atoms with E-state index < -0.39 is 11.3 Å². The summed E-state index contributed by atoms with van der Waals surface area (Å²) in [5.74, 6) is -0.157. The molecule has 0 fully saturated rings. The molecule has 0 atom stereocenters. The molecule has 0 aliphatic carbocycles. The minimum Gasteiger partial charge on any atom is -0.345 e. The van der Waals surface area contributed by atoms with E-state index in [2.05, 4.69) is 20.9 Å². The van der Waals surface area contributed by atoms with Crippen molar-refractivity contribution in [1.29, 1.82) is 10.5 Å². The smallest absolute Gasteiger partial charge is 0.270 e. The van der Waals surface area contributed by atoms with Crippen molar-refractivity contribution in [3.63, 3.8) is 0 Å². The summed E-state index contributed by atoms with van der Waals surface area (Å²) in [6.45, 7) is 7.09. The number of carbonyl (C=O) groups is 2. The van der Waals surface area contributed by atoms with Crippen molar-refractivity contribution in [1.82, 2.24) is 14.9 Å². The van der Waals surface area contributed by atoms with Gasteiger partial charge in [-0.3, -0.25) is 19.0 Å². The lowest BCUT2D eigenvalue weighted by molar-refractivity contribution is -0.123. The number of rotatable bonds is 6. The molecule has 3 N–H and O–H groups in total. The van der Waals surface area contributed by atoms with Gasteiger partial charge in [-0.1, -0.05) is 26.8 Å².